The number of aromatic nitrogens is 1. The van der Waals surface area contributed by atoms with Crippen molar-refractivity contribution >= 4 is 27.5 Å². The minimum atomic E-state index is -0.403. The Morgan fingerprint density at radius 1 is 1.45 bits per heavy atom. The molecule has 6 heteroatoms. The van der Waals surface area contributed by atoms with E-state index >= 15 is 0 Å². The highest BCUT2D eigenvalue weighted by Crippen LogP contribution is 2.24. The van der Waals surface area contributed by atoms with Crippen molar-refractivity contribution in [3.05, 3.63) is 28.8 Å². The number of nitrogens with zero attached hydrogens (tertiary/aromatic N) is 2. The van der Waals surface area contributed by atoms with Gasteiger partial charge in [-0.3, -0.25) is 9.69 Å². The number of carbonyl (C=O) groups is 1. The van der Waals surface area contributed by atoms with Crippen LogP contribution in [-0.4, -0.2) is 40.1 Å². The number of piperidine rings is 1. The first-order chi connectivity index (χ1) is 9.61. The van der Waals surface area contributed by atoms with Gasteiger partial charge in [0.05, 0.1) is 16.7 Å². The van der Waals surface area contributed by atoms with E-state index in [9.17, 15) is 9.90 Å². The number of pyridine rings is 1. The molecular weight excluding hydrogens is 274 g/mol. The Balaban J connectivity index is 1.77. The molecule has 0 aromatic carbocycles. The number of fused-ring (bicyclic) bond motifs is 1. The lowest BCUT2D eigenvalue weighted by Crippen LogP contribution is -2.35. The molecule has 0 radical (unpaired) electrons. The van der Waals surface area contributed by atoms with Crippen molar-refractivity contribution in [1.29, 1.82) is 0 Å². The Morgan fingerprint density at radius 3 is 2.90 bits per heavy atom. The van der Waals surface area contributed by atoms with Gasteiger partial charge >= 0.3 is 0 Å². The van der Waals surface area contributed by atoms with Crippen LogP contribution in [0.3, 0.4) is 0 Å². The van der Waals surface area contributed by atoms with Crippen LogP contribution in [0.25, 0.3) is 10.2 Å². The van der Waals surface area contributed by atoms with E-state index in [1.165, 1.54) is 11.3 Å². The monoisotopic (exact) mass is 291 g/mol. The van der Waals surface area contributed by atoms with Gasteiger partial charge in [0.1, 0.15) is 4.83 Å². The number of nitrogens with two attached hydrogens (primary N) is 1. The fraction of sp³-hybridized carbons (Fsp3) is 0.429. The van der Waals surface area contributed by atoms with Gasteiger partial charge in [0.25, 0.3) is 5.91 Å². The normalized spacial score (nSPS) is 17.6. The predicted octanol–water partition coefficient (Wildman–Crippen LogP) is 1.35. The van der Waals surface area contributed by atoms with Crippen molar-refractivity contribution in [1.82, 2.24) is 9.88 Å². The van der Waals surface area contributed by atoms with Crippen LogP contribution in [0.1, 0.15) is 28.2 Å². The van der Waals surface area contributed by atoms with Crippen LogP contribution in [0.2, 0.25) is 0 Å². The molecule has 0 atom stereocenters. The molecule has 1 fully saturated rings. The molecule has 2 aromatic rings. The number of aliphatic hydroxyl groups excluding tert-OH is 1. The van der Waals surface area contributed by atoms with E-state index in [1.54, 1.807) is 6.07 Å². The molecule has 0 bridgehead atoms. The molecule has 0 unspecified atom stereocenters. The summed E-state index contributed by atoms with van der Waals surface area (Å²) in [5, 5.41) is 10.5. The Labute approximate surface area is 121 Å². The number of aliphatic hydroxyl groups is 1. The van der Waals surface area contributed by atoms with E-state index in [4.69, 9.17) is 5.73 Å². The van der Waals surface area contributed by atoms with Crippen molar-refractivity contribution in [2.45, 2.75) is 25.5 Å². The second kappa shape index (κ2) is 5.47. The largest absolute Gasteiger partial charge is 0.393 e. The SMILES string of the molecule is NC(=O)c1cc2ccc(CN3CCC(O)CC3)nc2s1. The van der Waals surface area contributed by atoms with Crippen LogP contribution in [0.5, 0.6) is 0 Å². The molecule has 3 heterocycles. The summed E-state index contributed by atoms with van der Waals surface area (Å²) < 4.78 is 0. The van der Waals surface area contributed by atoms with Gasteiger partial charge in [-0.1, -0.05) is 6.07 Å². The lowest BCUT2D eigenvalue weighted by Gasteiger charge is -2.29. The molecule has 0 saturated carbocycles. The topological polar surface area (TPSA) is 79.5 Å². The highest BCUT2D eigenvalue weighted by Gasteiger charge is 2.17. The molecule has 20 heavy (non-hydrogen) atoms. The Hall–Kier alpha value is -1.50. The number of hydrogen-bond acceptors (Lipinski definition) is 5. The molecule has 106 valence electrons. The quantitative estimate of drug-likeness (QED) is 0.894. The lowest BCUT2D eigenvalue weighted by atomic mass is 10.1. The summed E-state index contributed by atoms with van der Waals surface area (Å²) in [6.45, 7) is 2.59. The number of primary amides is 1. The van der Waals surface area contributed by atoms with Gasteiger partial charge in [0.15, 0.2) is 0 Å². The average molecular weight is 291 g/mol. The summed E-state index contributed by atoms with van der Waals surface area (Å²) in [5.74, 6) is -0.403. The standard InChI is InChI=1S/C14H17N3O2S/c15-13(19)12-7-9-1-2-10(16-14(9)20-12)8-17-5-3-11(18)4-6-17/h1-2,7,11,18H,3-6,8H2,(H2,15,19). The number of likely N-dealkylation sites (tertiary alicyclic amines) is 1. The third-order valence-corrected chi connectivity index (χ3v) is 4.69. The third kappa shape index (κ3) is 2.82. The smallest absolute Gasteiger partial charge is 0.258 e. The average Bonchev–Trinajstić information content (AvgIpc) is 2.85. The first kappa shape index (κ1) is 13.5. The lowest BCUT2D eigenvalue weighted by molar-refractivity contribution is 0.0787. The van der Waals surface area contributed by atoms with Gasteiger partial charge in [-0.15, -0.1) is 11.3 Å². The zero-order valence-corrected chi connectivity index (χ0v) is 11.9. The first-order valence-corrected chi connectivity index (χ1v) is 7.53. The summed E-state index contributed by atoms with van der Waals surface area (Å²) >= 11 is 1.34. The second-order valence-corrected chi connectivity index (χ2v) is 6.21. The minimum absolute atomic E-state index is 0.155. The summed E-state index contributed by atoms with van der Waals surface area (Å²) in [4.78, 5) is 19.5. The molecule has 3 N–H and O–H groups in total. The highest BCUT2D eigenvalue weighted by atomic mass is 32.1. The molecule has 1 saturated heterocycles. The second-order valence-electron chi connectivity index (χ2n) is 5.18. The van der Waals surface area contributed by atoms with Crippen LogP contribution < -0.4 is 5.73 Å². The highest BCUT2D eigenvalue weighted by molar-refractivity contribution is 7.20. The van der Waals surface area contributed by atoms with Gasteiger partial charge in [-0.2, -0.15) is 0 Å². The third-order valence-electron chi connectivity index (χ3n) is 3.63. The molecule has 3 rings (SSSR count). The number of rotatable bonds is 3. The van der Waals surface area contributed by atoms with Gasteiger partial charge in [0.2, 0.25) is 0 Å². The number of amides is 1. The predicted molar refractivity (Wildman–Crippen MR) is 78.7 cm³/mol. The zero-order chi connectivity index (χ0) is 14.1. The summed E-state index contributed by atoms with van der Waals surface area (Å²) in [6.07, 6.45) is 1.50. The van der Waals surface area contributed by atoms with E-state index < -0.39 is 5.91 Å². The van der Waals surface area contributed by atoms with Gasteiger partial charge in [0, 0.05) is 25.0 Å². The van der Waals surface area contributed by atoms with Crippen LogP contribution in [0, 0.1) is 0 Å². The maximum Gasteiger partial charge on any atom is 0.258 e. The van der Waals surface area contributed by atoms with Crippen molar-refractivity contribution in [2.75, 3.05) is 13.1 Å². The van der Waals surface area contributed by atoms with Crippen molar-refractivity contribution in [2.24, 2.45) is 5.73 Å². The van der Waals surface area contributed by atoms with E-state index in [0.29, 0.717) is 4.88 Å². The molecule has 0 aliphatic carbocycles. The fourth-order valence-corrected chi connectivity index (χ4v) is 3.37. The van der Waals surface area contributed by atoms with E-state index in [-0.39, 0.29) is 6.10 Å². The maximum absolute atomic E-state index is 11.2. The number of hydrogen-bond donors (Lipinski definition) is 2. The summed E-state index contributed by atoms with van der Waals surface area (Å²) in [7, 11) is 0. The maximum atomic E-state index is 11.2. The molecule has 2 aromatic heterocycles. The molecule has 1 aliphatic rings. The van der Waals surface area contributed by atoms with E-state index in [0.717, 1.165) is 48.4 Å². The number of carbonyl (C=O) groups excluding carboxylic acids is 1. The van der Waals surface area contributed by atoms with Crippen LogP contribution in [0.15, 0.2) is 18.2 Å². The summed E-state index contributed by atoms with van der Waals surface area (Å²) in [5.41, 5.74) is 6.28. The molecule has 5 nitrogen and oxygen atoms in total. The molecule has 1 amide bonds. The van der Waals surface area contributed by atoms with Gasteiger partial charge in [-0.05, 0) is 25.0 Å². The van der Waals surface area contributed by atoms with E-state index in [1.807, 2.05) is 12.1 Å². The molecule has 1 aliphatic heterocycles. The van der Waals surface area contributed by atoms with Gasteiger partial charge < -0.3 is 10.8 Å². The molecule has 0 spiro atoms. The van der Waals surface area contributed by atoms with Crippen molar-refractivity contribution in [3.63, 3.8) is 0 Å². The van der Waals surface area contributed by atoms with Gasteiger partial charge in [-0.25, -0.2) is 4.98 Å². The Bertz CT molecular complexity index is 632. The Morgan fingerprint density at radius 2 is 2.20 bits per heavy atom. The van der Waals surface area contributed by atoms with E-state index in [2.05, 4.69) is 9.88 Å². The summed E-state index contributed by atoms with van der Waals surface area (Å²) in [6, 6.07) is 5.76. The Kier molecular flexibility index (Phi) is 3.69. The number of thiophene rings is 1. The molecular formula is C14H17N3O2S. The first-order valence-electron chi connectivity index (χ1n) is 6.71. The van der Waals surface area contributed by atoms with Crippen LogP contribution in [-0.2, 0) is 6.54 Å². The minimum Gasteiger partial charge on any atom is -0.393 e. The van der Waals surface area contributed by atoms with Crippen LogP contribution in [0.4, 0.5) is 0 Å². The van der Waals surface area contributed by atoms with Crippen molar-refractivity contribution < 1.29 is 9.90 Å². The zero-order valence-electron chi connectivity index (χ0n) is 11.1. The fourth-order valence-electron chi connectivity index (χ4n) is 2.47. The van der Waals surface area contributed by atoms with Crippen LogP contribution >= 0.6 is 11.3 Å². The van der Waals surface area contributed by atoms with Crippen molar-refractivity contribution in [3.8, 4) is 0 Å².